The van der Waals surface area contributed by atoms with Crippen LogP contribution in [0.1, 0.15) is 54.9 Å². The van der Waals surface area contributed by atoms with Gasteiger partial charge in [-0.3, -0.25) is 4.79 Å². The van der Waals surface area contributed by atoms with E-state index in [0.717, 1.165) is 11.3 Å². The van der Waals surface area contributed by atoms with Crippen LogP contribution in [0.4, 0.5) is 5.69 Å². The van der Waals surface area contributed by atoms with E-state index >= 15 is 0 Å². The van der Waals surface area contributed by atoms with E-state index in [9.17, 15) is 14.7 Å². The third-order valence-electron chi connectivity index (χ3n) is 5.21. The molecule has 2 aromatic carbocycles. The molecule has 0 saturated carbocycles. The van der Waals surface area contributed by atoms with E-state index in [1.54, 1.807) is 24.4 Å². The third-order valence-corrected chi connectivity index (χ3v) is 5.50. The molecule has 7 nitrogen and oxygen atoms in total. The Hall–Kier alpha value is -3.45. The number of hydrogen-bond donors (Lipinski definition) is 3. The van der Waals surface area contributed by atoms with Crippen LogP contribution in [-0.4, -0.2) is 28.6 Å². The molecular weight excluding hydrogens is 456 g/mol. The summed E-state index contributed by atoms with van der Waals surface area (Å²) < 4.78 is 10.6. The van der Waals surface area contributed by atoms with Gasteiger partial charge in [0.25, 0.3) is 0 Å². The molecule has 0 radical (unpaired) electrons. The molecule has 3 N–H and O–H groups in total. The molecule has 1 heterocycles. The van der Waals surface area contributed by atoms with Crippen molar-refractivity contribution < 1.29 is 24.2 Å². The Morgan fingerprint density at radius 2 is 1.91 bits per heavy atom. The number of aromatic hydroxyl groups is 1. The number of nitrogens with one attached hydrogen (secondary N) is 2. The average Bonchev–Trinajstić information content (AvgIpc) is 3.27. The monoisotopic (exact) mass is 484 g/mol. The lowest BCUT2D eigenvalue weighted by atomic mass is 9.86. The maximum Gasteiger partial charge on any atom is 0.341 e. The predicted octanol–water partition coefficient (Wildman–Crippen LogP) is 5.61. The second-order valence-corrected chi connectivity index (χ2v) is 9.36. The molecule has 0 bridgehead atoms. The summed E-state index contributed by atoms with van der Waals surface area (Å²) in [6.45, 7) is 7.91. The summed E-state index contributed by atoms with van der Waals surface area (Å²) in [6, 6.07) is 12.2. The zero-order valence-electron chi connectivity index (χ0n) is 19.7. The number of hydrogen-bond acceptors (Lipinski definition) is 6. The van der Waals surface area contributed by atoms with Gasteiger partial charge in [-0.1, -0.05) is 32.4 Å². The van der Waals surface area contributed by atoms with Gasteiger partial charge in [-0.2, -0.15) is 0 Å². The van der Waals surface area contributed by atoms with Crippen molar-refractivity contribution in [2.75, 3.05) is 11.9 Å². The lowest BCUT2D eigenvalue weighted by Crippen LogP contribution is -2.13. The van der Waals surface area contributed by atoms with Gasteiger partial charge in [0.05, 0.1) is 11.6 Å². The molecule has 180 valence electrons. The minimum atomic E-state index is -0.586. The van der Waals surface area contributed by atoms with Gasteiger partial charge in [-0.25, -0.2) is 4.79 Å². The quantitative estimate of drug-likeness (QED) is 0.284. The summed E-state index contributed by atoms with van der Waals surface area (Å²) in [6.07, 6.45) is 2.34. The van der Waals surface area contributed by atoms with Crippen molar-refractivity contribution in [3.63, 3.8) is 0 Å². The number of carbonyl (C=O) groups excluding carboxylic acids is 2. The van der Waals surface area contributed by atoms with Crippen molar-refractivity contribution in [3.8, 4) is 11.5 Å². The summed E-state index contributed by atoms with van der Waals surface area (Å²) in [5, 5.41) is 13.9. The van der Waals surface area contributed by atoms with Gasteiger partial charge in [0.15, 0.2) is 0 Å². The number of carbonyl (C=O) groups is 2. The van der Waals surface area contributed by atoms with Crippen LogP contribution in [-0.2, 0) is 27.9 Å². The maximum atomic E-state index is 12.6. The molecule has 34 heavy (non-hydrogen) atoms. The number of aromatic amines is 1. The molecule has 0 atom stereocenters. The molecule has 8 heteroatoms. The molecule has 0 fully saturated rings. The zero-order valence-corrected chi connectivity index (χ0v) is 20.5. The molecule has 0 saturated heterocycles. The second kappa shape index (κ2) is 10.7. The lowest BCUT2D eigenvalue weighted by Gasteiger charge is -2.21. The lowest BCUT2D eigenvalue weighted by molar-refractivity contribution is -0.131. The highest BCUT2D eigenvalue weighted by Gasteiger charge is 2.19. The van der Waals surface area contributed by atoms with Crippen molar-refractivity contribution >= 4 is 29.2 Å². The highest BCUT2D eigenvalue weighted by molar-refractivity contribution is 6.32. The van der Waals surface area contributed by atoms with Crippen LogP contribution in [0.15, 0.2) is 48.7 Å². The summed E-state index contributed by atoms with van der Waals surface area (Å²) in [5.74, 6) is -1.05. The van der Waals surface area contributed by atoms with E-state index in [1.807, 2.05) is 18.2 Å². The zero-order chi connectivity index (χ0) is 24.9. The first-order chi connectivity index (χ1) is 16.0. The average molecular weight is 485 g/mol. The molecule has 3 aromatic rings. The number of rotatable bonds is 8. The van der Waals surface area contributed by atoms with Gasteiger partial charge < -0.3 is 24.9 Å². The summed E-state index contributed by atoms with van der Waals surface area (Å²) in [7, 11) is 0. The summed E-state index contributed by atoms with van der Waals surface area (Å²) in [5.41, 5.74) is 3.16. The molecular formula is C26H29ClN2O5. The normalized spacial score (nSPS) is 11.2. The Bertz CT molecular complexity index is 1170. The highest BCUT2D eigenvalue weighted by Crippen LogP contribution is 2.34. The Morgan fingerprint density at radius 1 is 1.15 bits per heavy atom. The molecule has 0 amide bonds. The van der Waals surface area contributed by atoms with Crippen molar-refractivity contribution in [3.05, 3.63) is 76.1 Å². The number of halogens is 1. The van der Waals surface area contributed by atoms with Crippen molar-refractivity contribution in [2.24, 2.45) is 0 Å². The number of anilines is 1. The molecule has 0 spiro atoms. The topological polar surface area (TPSA) is 101 Å². The third kappa shape index (κ3) is 6.54. The first-order valence-corrected chi connectivity index (χ1v) is 11.3. The number of ether oxygens (including phenoxy) is 2. The van der Waals surface area contributed by atoms with Crippen LogP contribution in [0.5, 0.6) is 11.5 Å². The van der Waals surface area contributed by atoms with Gasteiger partial charge in [-0.05, 0) is 47.4 Å². The van der Waals surface area contributed by atoms with Crippen LogP contribution < -0.4 is 10.1 Å². The number of benzene rings is 2. The number of phenolic OH excluding ortho intramolecular Hbond substituents is 1. The Labute approximate surface area is 204 Å². The van der Waals surface area contributed by atoms with E-state index in [0.29, 0.717) is 17.7 Å². The first kappa shape index (κ1) is 25.2. The standard InChI is InChI=1S/C26H29ClN2O5/c1-16(30)34-23-14-20(7-8-21(23)25(32)33-11-9-19-6-5-10-28-19)29-15-17-12-18(26(2,3)4)13-22(27)24(17)31/h5-8,10,12-14,28-29,31H,9,11,15H2,1-4H3. The number of H-pyrrole nitrogens is 1. The van der Waals surface area contributed by atoms with E-state index in [-0.39, 0.29) is 40.7 Å². The van der Waals surface area contributed by atoms with E-state index in [1.165, 1.54) is 13.0 Å². The fourth-order valence-electron chi connectivity index (χ4n) is 3.32. The summed E-state index contributed by atoms with van der Waals surface area (Å²) >= 11 is 6.23. The Morgan fingerprint density at radius 3 is 2.56 bits per heavy atom. The predicted molar refractivity (Wildman–Crippen MR) is 132 cm³/mol. The molecule has 0 unspecified atom stereocenters. The van der Waals surface area contributed by atoms with Crippen LogP contribution in [0.3, 0.4) is 0 Å². The molecule has 0 aliphatic heterocycles. The van der Waals surface area contributed by atoms with Crippen molar-refractivity contribution in [1.82, 2.24) is 4.98 Å². The number of aromatic nitrogens is 1. The van der Waals surface area contributed by atoms with Crippen LogP contribution in [0.2, 0.25) is 5.02 Å². The van der Waals surface area contributed by atoms with Gasteiger partial charge >= 0.3 is 11.9 Å². The highest BCUT2D eigenvalue weighted by atomic mass is 35.5. The fraction of sp³-hybridized carbons (Fsp3) is 0.308. The Kier molecular flexibility index (Phi) is 7.89. The maximum absolute atomic E-state index is 12.6. The van der Waals surface area contributed by atoms with Crippen LogP contribution >= 0.6 is 11.6 Å². The van der Waals surface area contributed by atoms with Gasteiger partial charge in [0.1, 0.15) is 17.1 Å². The molecule has 0 aliphatic carbocycles. The van der Waals surface area contributed by atoms with Gasteiger partial charge in [0.2, 0.25) is 0 Å². The molecule has 3 rings (SSSR count). The van der Waals surface area contributed by atoms with Crippen molar-refractivity contribution in [2.45, 2.75) is 46.1 Å². The van der Waals surface area contributed by atoms with Crippen molar-refractivity contribution in [1.29, 1.82) is 0 Å². The molecule has 1 aromatic heterocycles. The second-order valence-electron chi connectivity index (χ2n) is 8.96. The van der Waals surface area contributed by atoms with E-state index < -0.39 is 11.9 Å². The largest absolute Gasteiger partial charge is 0.506 e. The van der Waals surface area contributed by atoms with E-state index in [2.05, 4.69) is 31.1 Å². The minimum Gasteiger partial charge on any atom is -0.506 e. The van der Waals surface area contributed by atoms with Crippen LogP contribution in [0, 0.1) is 0 Å². The smallest absolute Gasteiger partial charge is 0.341 e. The Balaban J connectivity index is 1.75. The first-order valence-electron chi connectivity index (χ1n) is 10.9. The van der Waals surface area contributed by atoms with Gasteiger partial charge in [-0.15, -0.1) is 0 Å². The minimum absolute atomic E-state index is 0.00430. The SMILES string of the molecule is CC(=O)Oc1cc(NCc2cc(C(C)(C)C)cc(Cl)c2O)ccc1C(=O)OCCc1ccc[nH]1. The number of esters is 2. The number of phenols is 1. The molecule has 0 aliphatic rings. The fourth-order valence-corrected chi connectivity index (χ4v) is 3.55. The van der Waals surface area contributed by atoms with Gasteiger partial charge in [0, 0.05) is 49.1 Å². The van der Waals surface area contributed by atoms with Crippen LogP contribution in [0.25, 0.3) is 0 Å². The van der Waals surface area contributed by atoms with E-state index in [4.69, 9.17) is 21.1 Å². The summed E-state index contributed by atoms with van der Waals surface area (Å²) in [4.78, 5) is 27.3.